The zero-order valence-corrected chi connectivity index (χ0v) is 15.6. The molecule has 0 saturated carbocycles. The van der Waals surface area contributed by atoms with Gasteiger partial charge in [-0.25, -0.2) is 4.79 Å². The average molecular weight is 345 g/mol. The predicted octanol–water partition coefficient (Wildman–Crippen LogP) is 3.74. The number of urea groups is 1. The lowest BCUT2D eigenvalue weighted by molar-refractivity contribution is 0.113. The zero-order chi connectivity index (χ0) is 17.6. The Balaban J connectivity index is 1.57. The first kappa shape index (κ1) is 18.1. The van der Waals surface area contributed by atoms with Gasteiger partial charge >= 0.3 is 6.03 Å². The SMILES string of the molecule is CCCCN1CCc2ccc(NC(=O)N3CC[C@@H](COCC)C3)cc21. The van der Waals surface area contributed by atoms with E-state index >= 15 is 0 Å². The van der Waals surface area contributed by atoms with Gasteiger partial charge in [0, 0.05) is 50.1 Å². The molecule has 0 unspecified atom stereocenters. The van der Waals surface area contributed by atoms with Crippen LogP contribution in [0.1, 0.15) is 38.7 Å². The second kappa shape index (κ2) is 8.56. The maximum atomic E-state index is 12.5. The largest absolute Gasteiger partial charge is 0.381 e. The Hall–Kier alpha value is -1.75. The van der Waals surface area contributed by atoms with Crippen molar-refractivity contribution in [2.24, 2.45) is 5.92 Å². The minimum atomic E-state index is 0.0112. The normalized spacial score (nSPS) is 19.4. The van der Waals surface area contributed by atoms with Gasteiger partial charge in [-0.05, 0) is 43.9 Å². The number of hydrogen-bond acceptors (Lipinski definition) is 3. The zero-order valence-electron chi connectivity index (χ0n) is 15.6. The van der Waals surface area contributed by atoms with E-state index in [4.69, 9.17) is 4.74 Å². The number of rotatable bonds is 7. The molecule has 1 saturated heterocycles. The van der Waals surface area contributed by atoms with E-state index in [-0.39, 0.29) is 6.03 Å². The smallest absolute Gasteiger partial charge is 0.321 e. The number of ether oxygens (including phenoxy) is 1. The summed E-state index contributed by atoms with van der Waals surface area (Å²) in [5, 5.41) is 3.09. The Bertz CT molecular complexity index is 590. The highest BCUT2D eigenvalue weighted by molar-refractivity contribution is 5.90. The summed E-state index contributed by atoms with van der Waals surface area (Å²) in [5.41, 5.74) is 3.59. The van der Waals surface area contributed by atoms with Crippen LogP contribution in [0.5, 0.6) is 0 Å². The van der Waals surface area contributed by atoms with E-state index in [1.807, 2.05) is 17.9 Å². The summed E-state index contributed by atoms with van der Waals surface area (Å²) in [6.07, 6.45) is 4.56. The Kier molecular flexibility index (Phi) is 6.19. The molecule has 5 heteroatoms. The summed E-state index contributed by atoms with van der Waals surface area (Å²) in [6.45, 7) is 9.54. The van der Waals surface area contributed by atoms with Crippen molar-refractivity contribution in [2.75, 3.05) is 49.6 Å². The number of unbranched alkanes of at least 4 members (excludes halogenated alkanes) is 1. The molecule has 1 atom stereocenters. The third-order valence-corrected chi connectivity index (χ3v) is 5.24. The van der Waals surface area contributed by atoms with Crippen LogP contribution < -0.4 is 10.2 Å². The van der Waals surface area contributed by atoms with Gasteiger partial charge in [-0.2, -0.15) is 0 Å². The van der Waals surface area contributed by atoms with E-state index < -0.39 is 0 Å². The molecule has 2 aliphatic heterocycles. The van der Waals surface area contributed by atoms with Crippen LogP contribution in [0.4, 0.5) is 16.2 Å². The molecule has 0 spiro atoms. The fraction of sp³-hybridized carbons (Fsp3) is 0.650. The molecule has 1 fully saturated rings. The first-order valence-corrected chi connectivity index (χ1v) is 9.72. The quantitative estimate of drug-likeness (QED) is 0.819. The topological polar surface area (TPSA) is 44.8 Å². The van der Waals surface area contributed by atoms with E-state index in [0.717, 1.165) is 57.9 Å². The molecule has 1 N–H and O–H groups in total. The molecular formula is C20H31N3O2. The summed E-state index contributed by atoms with van der Waals surface area (Å²) in [7, 11) is 0. The van der Waals surface area contributed by atoms with Crippen molar-refractivity contribution in [3.05, 3.63) is 23.8 Å². The van der Waals surface area contributed by atoms with Crippen LogP contribution >= 0.6 is 0 Å². The van der Waals surface area contributed by atoms with Gasteiger partial charge in [-0.3, -0.25) is 0 Å². The first-order chi connectivity index (χ1) is 12.2. The van der Waals surface area contributed by atoms with Gasteiger partial charge in [0.05, 0.1) is 6.61 Å². The summed E-state index contributed by atoms with van der Waals surface area (Å²) < 4.78 is 5.49. The van der Waals surface area contributed by atoms with Crippen LogP contribution in [0.25, 0.3) is 0 Å². The first-order valence-electron chi connectivity index (χ1n) is 9.72. The molecule has 1 aromatic carbocycles. The lowest BCUT2D eigenvalue weighted by Crippen LogP contribution is -2.33. The summed E-state index contributed by atoms with van der Waals surface area (Å²) in [5.74, 6) is 0.468. The van der Waals surface area contributed by atoms with Crippen LogP contribution in [0.15, 0.2) is 18.2 Å². The van der Waals surface area contributed by atoms with E-state index in [0.29, 0.717) is 5.92 Å². The monoisotopic (exact) mass is 345 g/mol. The van der Waals surface area contributed by atoms with Crippen molar-refractivity contribution in [2.45, 2.75) is 39.5 Å². The minimum Gasteiger partial charge on any atom is -0.381 e. The summed E-state index contributed by atoms with van der Waals surface area (Å²) >= 11 is 0. The third kappa shape index (κ3) is 4.46. The lowest BCUT2D eigenvalue weighted by atomic mass is 10.1. The van der Waals surface area contributed by atoms with E-state index in [1.165, 1.54) is 24.1 Å². The van der Waals surface area contributed by atoms with E-state index in [2.05, 4.69) is 29.3 Å². The minimum absolute atomic E-state index is 0.0112. The molecule has 0 aliphatic carbocycles. The number of carbonyl (C=O) groups is 1. The maximum Gasteiger partial charge on any atom is 0.321 e. The van der Waals surface area contributed by atoms with Crippen LogP contribution in [0.3, 0.4) is 0 Å². The number of carbonyl (C=O) groups excluding carboxylic acids is 1. The molecule has 0 aromatic heterocycles. The van der Waals surface area contributed by atoms with E-state index in [9.17, 15) is 4.79 Å². The molecule has 3 rings (SSSR count). The Morgan fingerprint density at radius 2 is 2.20 bits per heavy atom. The van der Waals surface area contributed by atoms with Gasteiger partial charge in [0.15, 0.2) is 0 Å². The highest BCUT2D eigenvalue weighted by Gasteiger charge is 2.26. The highest BCUT2D eigenvalue weighted by atomic mass is 16.5. The van der Waals surface area contributed by atoms with Crippen molar-refractivity contribution < 1.29 is 9.53 Å². The predicted molar refractivity (Wildman–Crippen MR) is 102 cm³/mol. The molecule has 2 aliphatic rings. The summed E-state index contributed by atoms with van der Waals surface area (Å²) in [6, 6.07) is 6.35. The standard InChI is InChI=1S/C20H31N3O2/c1-3-5-10-22-12-9-17-6-7-18(13-19(17)22)21-20(24)23-11-8-16(14-23)15-25-4-2/h6-7,13,16H,3-5,8-12,14-15H2,1-2H3,(H,21,24)/t16-/m1/s1. The second-order valence-electron chi connectivity index (χ2n) is 7.12. The Morgan fingerprint density at radius 3 is 3.00 bits per heavy atom. The van der Waals surface area contributed by atoms with Crippen molar-refractivity contribution in [1.29, 1.82) is 0 Å². The fourth-order valence-corrected chi connectivity index (χ4v) is 3.74. The van der Waals surface area contributed by atoms with Crippen molar-refractivity contribution in [3.63, 3.8) is 0 Å². The number of likely N-dealkylation sites (tertiary alicyclic amines) is 1. The molecule has 1 aromatic rings. The van der Waals surface area contributed by atoms with Gasteiger partial charge in [0.25, 0.3) is 0 Å². The molecule has 138 valence electrons. The van der Waals surface area contributed by atoms with Crippen molar-refractivity contribution in [3.8, 4) is 0 Å². The molecule has 5 nitrogen and oxygen atoms in total. The van der Waals surface area contributed by atoms with Gasteiger partial charge < -0.3 is 19.9 Å². The van der Waals surface area contributed by atoms with Gasteiger partial charge in [0.1, 0.15) is 0 Å². The van der Waals surface area contributed by atoms with E-state index in [1.54, 1.807) is 0 Å². The lowest BCUT2D eigenvalue weighted by Gasteiger charge is -2.21. The van der Waals surface area contributed by atoms with Crippen LogP contribution in [0, 0.1) is 5.92 Å². The number of amides is 2. The molecule has 2 heterocycles. The second-order valence-corrected chi connectivity index (χ2v) is 7.12. The molecule has 0 radical (unpaired) electrons. The van der Waals surface area contributed by atoms with Gasteiger partial charge in [-0.1, -0.05) is 19.4 Å². The molecule has 2 amide bonds. The Labute approximate surface area is 151 Å². The maximum absolute atomic E-state index is 12.5. The van der Waals surface area contributed by atoms with Gasteiger partial charge in [-0.15, -0.1) is 0 Å². The van der Waals surface area contributed by atoms with Crippen LogP contribution in [-0.2, 0) is 11.2 Å². The number of nitrogens with zero attached hydrogens (tertiary/aromatic N) is 2. The van der Waals surface area contributed by atoms with Crippen molar-refractivity contribution in [1.82, 2.24) is 4.90 Å². The number of anilines is 2. The number of hydrogen-bond donors (Lipinski definition) is 1. The molecular weight excluding hydrogens is 314 g/mol. The molecule has 0 bridgehead atoms. The van der Waals surface area contributed by atoms with Crippen LogP contribution in [-0.4, -0.2) is 50.3 Å². The third-order valence-electron chi connectivity index (χ3n) is 5.24. The van der Waals surface area contributed by atoms with Crippen LogP contribution in [0.2, 0.25) is 0 Å². The summed E-state index contributed by atoms with van der Waals surface area (Å²) in [4.78, 5) is 16.9. The molecule has 25 heavy (non-hydrogen) atoms. The van der Waals surface area contributed by atoms with Crippen molar-refractivity contribution >= 4 is 17.4 Å². The number of benzene rings is 1. The van der Waals surface area contributed by atoms with Gasteiger partial charge in [0.2, 0.25) is 0 Å². The fourth-order valence-electron chi connectivity index (χ4n) is 3.74. The average Bonchev–Trinajstić information content (AvgIpc) is 3.25. The number of nitrogens with one attached hydrogen (secondary N) is 1. The Morgan fingerprint density at radius 1 is 1.32 bits per heavy atom. The highest BCUT2D eigenvalue weighted by Crippen LogP contribution is 2.31. The number of fused-ring (bicyclic) bond motifs is 1.